The summed E-state index contributed by atoms with van der Waals surface area (Å²) in [6.45, 7) is 2.91. The van der Waals surface area contributed by atoms with Crippen LogP contribution in [0.2, 0.25) is 5.02 Å². The number of hydrogen-bond donors (Lipinski definition) is 2. The predicted molar refractivity (Wildman–Crippen MR) is 141 cm³/mol. The second-order valence-corrected chi connectivity index (χ2v) is 9.67. The third kappa shape index (κ3) is 5.94. The van der Waals surface area contributed by atoms with Crippen molar-refractivity contribution < 1.29 is 13.9 Å². The summed E-state index contributed by atoms with van der Waals surface area (Å²) in [4.78, 5) is 23.9. The number of amides is 1. The Morgan fingerprint density at radius 2 is 1.97 bits per heavy atom. The highest BCUT2D eigenvalue weighted by Crippen LogP contribution is 2.36. The molecule has 1 amide bonds. The summed E-state index contributed by atoms with van der Waals surface area (Å²) in [6.07, 6.45) is 11.9. The Kier molecular flexibility index (Phi) is 7.63. The van der Waals surface area contributed by atoms with E-state index in [1.165, 1.54) is 37.7 Å². The van der Waals surface area contributed by atoms with Gasteiger partial charge in [0.15, 0.2) is 0 Å². The molecule has 9 heteroatoms. The van der Waals surface area contributed by atoms with Gasteiger partial charge in [0.25, 0.3) is 0 Å². The predicted octanol–water partition coefficient (Wildman–Crippen LogP) is 6.08. The van der Waals surface area contributed by atoms with Crippen molar-refractivity contribution in [2.45, 2.75) is 44.6 Å². The van der Waals surface area contributed by atoms with Gasteiger partial charge in [0.1, 0.15) is 23.7 Å². The van der Waals surface area contributed by atoms with E-state index in [9.17, 15) is 9.18 Å². The number of nitrogens with zero attached hydrogens (tertiary/aromatic N) is 3. The molecule has 1 aliphatic carbocycles. The minimum absolute atomic E-state index is 0.0128. The number of nitrogens with one attached hydrogen (secondary N) is 2. The van der Waals surface area contributed by atoms with Crippen molar-refractivity contribution in [3.8, 4) is 5.75 Å². The largest absolute Gasteiger partial charge is 0.488 e. The van der Waals surface area contributed by atoms with E-state index in [0.717, 1.165) is 38.9 Å². The fourth-order valence-corrected chi connectivity index (χ4v) is 4.56. The fraction of sp³-hybridized carbons (Fsp3) is 0.370. The first-order chi connectivity index (χ1) is 17.5. The zero-order chi connectivity index (χ0) is 24.9. The van der Waals surface area contributed by atoms with Crippen LogP contribution in [0.5, 0.6) is 5.75 Å². The quantitative estimate of drug-likeness (QED) is 0.358. The van der Waals surface area contributed by atoms with Crippen LogP contribution in [0.1, 0.15) is 38.5 Å². The summed E-state index contributed by atoms with van der Waals surface area (Å²) in [5, 5.41) is 6.85. The average molecular weight is 510 g/mol. The van der Waals surface area contributed by atoms with Crippen molar-refractivity contribution >= 4 is 45.6 Å². The van der Waals surface area contributed by atoms with Crippen LogP contribution in [0, 0.1) is 5.82 Å². The number of carbonyl (C=O) groups excluding carboxylic acids is 1. The third-order valence-electron chi connectivity index (χ3n) is 6.60. The van der Waals surface area contributed by atoms with Crippen molar-refractivity contribution in [1.82, 2.24) is 14.9 Å². The van der Waals surface area contributed by atoms with Crippen molar-refractivity contribution in [2.24, 2.45) is 0 Å². The Balaban J connectivity index is 1.39. The first-order valence-corrected chi connectivity index (χ1v) is 12.8. The highest BCUT2D eigenvalue weighted by atomic mass is 35.5. The van der Waals surface area contributed by atoms with E-state index in [0.29, 0.717) is 33.8 Å². The molecule has 2 heterocycles. The SMILES string of the molecule is O=C(/C=C/CN1CCCCC1)Nc1cc2c(Nc3ccc(F)c(Cl)c3)ncnc2cc1OC1CCC1. The Morgan fingerprint density at radius 3 is 2.72 bits per heavy atom. The second kappa shape index (κ2) is 11.2. The molecule has 2 fully saturated rings. The summed E-state index contributed by atoms with van der Waals surface area (Å²) < 4.78 is 19.8. The molecule has 2 aromatic carbocycles. The summed E-state index contributed by atoms with van der Waals surface area (Å²) in [5.74, 6) is 0.376. The molecular formula is C27H29ClFN5O2. The van der Waals surface area contributed by atoms with E-state index in [2.05, 4.69) is 25.5 Å². The van der Waals surface area contributed by atoms with E-state index >= 15 is 0 Å². The Morgan fingerprint density at radius 1 is 1.14 bits per heavy atom. The molecule has 1 saturated carbocycles. The molecule has 188 valence electrons. The van der Waals surface area contributed by atoms with E-state index in [1.807, 2.05) is 18.2 Å². The molecule has 1 aliphatic heterocycles. The summed E-state index contributed by atoms with van der Waals surface area (Å²) >= 11 is 5.94. The number of fused-ring (bicyclic) bond motifs is 1. The molecular weight excluding hydrogens is 481 g/mol. The van der Waals surface area contributed by atoms with E-state index in [1.54, 1.807) is 12.1 Å². The van der Waals surface area contributed by atoms with Crippen molar-refractivity contribution in [2.75, 3.05) is 30.3 Å². The molecule has 1 aromatic heterocycles. The number of carbonyl (C=O) groups is 1. The Bertz CT molecular complexity index is 1270. The van der Waals surface area contributed by atoms with E-state index in [4.69, 9.17) is 16.3 Å². The average Bonchev–Trinajstić information content (AvgIpc) is 2.85. The van der Waals surface area contributed by atoms with Crippen molar-refractivity contribution in [1.29, 1.82) is 0 Å². The van der Waals surface area contributed by atoms with Crippen LogP contribution in [0.15, 0.2) is 48.8 Å². The van der Waals surface area contributed by atoms with Crippen molar-refractivity contribution in [3.05, 3.63) is 59.7 Å². The van der Waals surface area contributed by atoms with Gasteiger partial charge in [-0.3, -0.25) is 9.69 Å². The maximum absolute atomic E-state index is 13.6. The Labute approximate surface area is 214 Å². The number of hydrogen-bond acceptors (Lipinski definition) is 6. The van der Waals surface area contributed by atoms with E-state index in [-0.39, 0.29) is 17.0 Å². The molecule has 7 nitrogen and oxygen atoms in total. The zero-order valence-electron chi connectivity index (χ0n) is 20.0. The van der Waals surface area contributed by atoms with Gasteiger partial charge in [-0.05, 0) is 69.5 Å². The minimum Gasteiger partial charge on any atom is -0.488 e. The highest BCUT2D eigenvalue weighted by Gasteiger charge is 2.22. The number of piperidine rings is 1. The molecule has 0 atom stereocenters. The van der Waals surface area contributed by atoms with Crippen LogP contribution in [0.25, 0.3) is 10.9 Å². The monoisotopic (exact) mass is 509 g/mol. The van der Waals surface area contributed by atoms with Crippen LogP contribution in [-0.2, 0) is 4.79 Å². The fourth-order valence-electron chi connectivity index (χ4n) is 4.38. The molecule has 2 N–H and O–H groups in total. The summed E-state index contributed by atoms with van der Waals surface area (Å²) in [5.41, 5.74) is 1.80. The van der Waals surface area contributed by atoms with Gasteiger partial charge < -0.3 is 15.4 Å². The summed E-state index contributed by atoms with van der Waals surface area (Å²) in [7, 11) is 0. The third-order valence-corrected chi connectivity index (χ3v) is 6.89. The lowest BCUT2D eigenvalue weighted by Gasteiger charge is -2.27. The second-order valence-electron chi connectivity index (χ2n) is 9.27. The molecule has 1 saturated heterocycles. The molecule has 0 spiro atoms. The first kappa shape index (κ1) is 24.5. The number of halogens is 2. The lowest BCUT2D eigenvalue weighted by Crippen LogP contribution is -2.29. The number of benzene rings is 2. The van der Waals surface area contributed by atoms with Gasteiger partial charge in [-0.25, -0.2) is 14.4 Å². The molecule has 3 aromatic rings. The summed E-state index contributed by atoms with van der Waals surface area (Å²) in [6, 6.07) is 8.01. The van der Waals surface area contributed by atoms with Gasteiger partial charge in [0.05, 0.1) is 22.3 Å². The maximum Gasteiger partial charge on any atom is 0.248 e. The highest BCUT2D eigenvalue weighted by molar-refractivity contribution is 6.31. The van der Waals surface area contributed by atoms with Crippen LogP contribution in [0.4, 0.5) is 21.6 Å². The smallest absolute Gasteiger partial charge is 0.248 e. The van der Waals surface area contributed by atoms with Gasteiger partial charge in [-0.2, -0.15) is 0 Å². The zero-order valence-corrected chi connectivity index (χ0v) is 20.7. The van der Waals surface area contributed by atoms with Gasteiger partial charge in [-0.15, -0.1) is 0 Å². The standard InChI is InChI=1S/C27H29ClFN5O2/c28-21-14-18(9-10-22(21)29)32-27-20-15-24(33-26(35)8-5-13-34-11-2-1-3-12-34)25(36-19-6-4-7-19)16-23(20)30-17-31-27/h5,8-10,14-17,19H,1-4,6-7,11-13H2,(H,33,35)(H,30,31,32)/b8-5+. The number of likely N-dealkylation sites (tertiary alicyclic amines) is 1. The maximum atomic E-state index is 13.6. The lowest BCUT2D eigenvalue weighted by molar-refractivity contribution is -0.111. The molecule has 0 bridgehead atoms. The Hall–Kier alpha value is -3.23. The number of rotatable bonds is 8. The minimum atomic E-state index is -0.495. The molecule has 2 aliphatic rings. The number of anilines is 3. The molecule has 0 unspecified atom stereocenters. The topological polar surface area (TPSA) is 79.4 Å². The number of ether oxygens (including phenoxy) is 1. The van der Waals surface area contributed by atoms with E-state index < -0.39 is 5.82 Å². The van der Waals surface area contributed by atoms with Crippen LogP contribution in [-0.4, -0.2) is 46.5 Å². The van der Waals surface area contributed by atoms with Gasteiger partial charge >= 0.3 is 0 Å². The molecule has 5 rings (SSSR count). The lowest BCUT2D eigenvalue weighted by atomic mass is 9.96. The number of aromatic nitrogens is 2. The first-order valence-electron chi connectivity index (χ1n) is 12.4. The molecule has 36 heavy (non-hydrogen) atoms. The normalized spacial score (nSPS) is 16.7. The van der Waals surface area contributed by atoms with Gasteiger partial charge in [0.2, 0.25) is 5.91 Å². The van der Waals surface area contributed by atoms with Gasteiger partial charge in [0, 0.05) is 29.8 Å². The van der Waals surface area contributed by atoms with Crippen LogP contribution in [0.3, 0.4) is 0 Å². The van der Waals surface area contributed by atoms with Crippen molar-refractivity contribution in [3.63, 3.8) is 0 Å². The van der Waals surface area contributed by atoms with Crippen LogP contribution >= 0.6 is 11.6 Å². The van der Waals surface area contributed by atoms with Gasteiger partial charge in [-0.1, -0.05) is 24.1 Å². The van der Waals surface area contributed by atoms with Crippen LogP contribution < -0.4 is 15.4 Å². The molecule has 0 radical (unpaired) electrons.